The smallest absolute Gasteiger partial charge is 0.410 e. The van der Waals surface area contributed by atoms with E-state index in [4.69, 9.17) is 14.2 Å². The van der Waals surface area contributed by atoms with Crippen LogP contribution in [0, 0.1) is 0 Å². The molecule has 6 rings (SSSR count). The predicted octanol–water partition coefficient (Wildman–Crippen LogP) is 5.65. The van der Waals surface area contributed by atoms with Crippen molar-refractivity contribution in [2.75, 3.05) is 39.3 Å². The molecule has 4 heterocycles. The predicted molar refractivity (Wildman–Crippen MR) is 159 cm³/mol. The van der Waals surface area contributed by atoms with Gasteiger partial charge in [0.25, 0.3) is 0 Å². The number of aromatic amines is 1. The second-order valence-electron chi connectivity index (χ2n) is 12.1. The Morgan fingerprint density at radius 3 is 2.51 bits per heavy atom. The van der Waals surface area contributed by atoms with Gasteiger partial charge in [-0.2, -0.15) is 0 Å². The van der Waals surface area contributed by atoms with E-state index >= 15 is 0 Å². The summed E-state index contributed by atoms with van der Waals surface area (Å²) in [6, 6.07) is 12.4. The van der Waals surface area contributed by atoms with Crippen molar-refractivity contribution in [1.29, 1.82) is 0 Å². The number of H-pyrrole nitrogens is 1. The zero-order valence-electron chi connectivity index (χ0n) is 24.1. The molecule has 1 N–H and O–H groups in total. The number of benzene rings is 1. The molecule has 3 aromatic heterocycles. The van der Waals surface area contributed by atoms with Crippen LogP contribution in [0.2, 0.25) is 0 Å². The van der Waals surface area contributed by atoms with Gasteiger partial charge in [0.2, 0.25) is 5.88 Å². The summed E-state index contributed by atoms with van der Waals surface area (Å²) in [5.74, 6) is 0.653. The quantitative estimate of drug-likeness (QED) is 0.280. The average Bonchev–Trinajstić information content (AvgIpc) is 3.31. The van der Waals surface area contributed by atoms with Gasteiger partial charge < -0.3 is 24.1 Å². The number of hydrogen-bond donors (Lipinski definition) is 1. The number of rotatable bonds is 8. The zero-order chi connectivity index (χ0) is 28.4. The number of amides is 1. The fourth-order valence-electron chi connectivity index (χ4n) is 5.49. The van der Waals surface area contributed by atoms with Gasteiger partial charge in [-0.05, 0) is 51.0 Å². The van der Waals surface area contributed by atoms with Gasteiger partial charge >= 0.3 is 6.09 Å². The third-order valence-corrected chi connectivity index (χ3v) is 7.81. The van der Waals surface area contributed by atoms with Crippen LogP contribution in [0.15, 0.2) is 55.0 Å². The minimum atomic E-state index is -0.452. The first-order valence-electron chi connectivity index (χ1n) is 14.6. The zero-order valence-corrected chi connectivity index (χ0v) is 24.1. The summed E-state index contributed by atoms with van der Waals surface area (Å²) in [6.45, 7) is 10.6. The lowest BCUT2D eigenvalue weighted by Gasteiger charge is -2.36. The van der Waals surface area contributed by atoms with E-state index in [0.29, 0.717) is 19.0 Å². The first-order valence-corrected chi connectivity index (χ1v) is 14.6. The third kappa shape index (κ3) is 6.63. The van der Waals surface area contributed by atoms with E-state index in [1.165, 1.54) is 5.39 Å². The molecule has 0 spiro atoms. The maximum absolute atomic E-state index is 12.2. The second kappa shape index (κ2) is 11.7. The van der Waals surface area contributed by atoms with Crippen molar-refractivity contribution in [2.24, 2.45) is 0 Å². The monoisotopic (exact) mass is 557 g/mol. The molecule has 1 saturated heterocycles. The summed E-state index contributed by atoms with van der Waals surface area (Å²) >= 11 is 0. The van der Waals surface area contributed by atoms with Crippen molar-refractivity contribution in [3.05, 3.63) is 55.0 Å². The molecule has 1 saturated carbocycles. The van der Waals surface area contributed by atoms with Crippen molar-refractivity contribution >= 4 is 27.9 Å². The minimum Gasteiger partial charge on any atom is -0.474 e. The first kappa shape index (κ1) is 27.5. The van der Waals surface area contributed by atoms with Crippen LogP contribution < -0.4 is 4.74 Å². The molecule has 0 atom stereocenters. The topological polar surface area (TPSA) is 92.8 Å². The van der Waals surface area contributed by atoms with Gasteiger partial charge in [-0.25, -0.2) is 9.78 Å². The van der Waals surface area contributed by atoms with Gasteiger partial charge in [0, 0.05) is 104 Å². The highest BCUT2D eigenvalue weighted by Crippen LogP contribution is 2.31. The highest BCUT2D eigenvalue weighted by atomic mass is 16.6. The molecule has 2 fully saturated rings. The lowest BCUT2D eigenvalue weighted by molar-refractivity contribution is -0.0640. The van der Waals surface area contributed by atoms with E-state index in [2.05, 4.69) is 44.1 Å². The first-order chi connectivity index (χ1) is 19.8. The minimum absolute atomic E-state index is 0.149. The Hall–Kier alpha value is -3.69. The Morgan fingerprint density at radius 2 is 1.76 bits per heavy atom. The summed E-state index contributed by atoms with van der Waals surface area (Å²) in [5.41, 5.74) is 3.89. The Kier molecular flexibility index (Phi) is 7.81. The van der Waals surface area contributed by atoms with E-state index in [0.717, 1.165) is 73.1 Å². The number of aromatic nitrogens is 3. The van der Waals surface area contributed by atoms with Gasteiger partial charge in [0.15, 0.2) is 0 Å². The Balaban J connectivity index is 0.888. The lowest BCUT2D eigenvalue weighted by Crippen LogP contribution is -2.50. The SMILES string of the molecule is CC(C)(C)OC(=O)N1CCN(CCCOC2CC(Oc3ccc(-c4ccc5c(c4)[nH]c4ccncc45)cn3)C2)CC1. The van der Waals surface area contributed by atoms with Crippen LogP contribution in [-0.2, 0) is 9.47 Å². The Bertz CT molecular complexity index is 1480. The number of fused-ring (bicyclic) bond motifs is 3. The normalized spacial score (nSPS) is 19.8. The van der Waals surface area contributed by atoms with Gasteiger partial charge in [0.05, 0.1) is 6.10 Å². The molecule has 0 unspecified atom stereocenters. The molecule has 0 bridgehead atoms. The van der Waals surface area contributed by atoms with E-state index in [9.17, 15) is 4.79 Å². The molecular formula is C32H39N5O4. The number of nitrogens with zero attached hydrogens (tertiary/aromatic N) is 4. The molecule has 9 heteroatoms. The van der Waals surface area contributed by atoms with Gasteiger partial charge in [-0.3, -0.25) is 9.88 Å². The van der Waals surface area contributed by atoms with E-state index in [-0.39, 0.29) is 18.3 Å². The fourth-order valence-corrected chi connectivity index (χ4v) is 5.49. The van der Waals surface area contributed by atoms with E-state index in [1.54, 1.807) is 11.1 Å². The van der Waals surface area contributed by atoms with Crippen molar-refractivity contribution in [3.63, 3.8) is 0 Å². The summed E-state index contributed by atoms with van der Waals surface area (Å²) < 4.78 is 17.6. The summed E-state index contributed by atoms with van der Waals surface area (Å²) in [4.78, 5) is 28.7. The van der Waals surface area contributed by atoms with Crippen molar-refractivity contribution in [3.8, 4) is 17.0 Å². The van der Waals surface area contributed by atoms with E-state index in [1.807, 2.05) is 45.3 Å². The molecule has 2 aliphatic rings. The van der Waals surface area contributed by atoms with E-state index < -0.39 is 5.60 Å². The van der Waals surface area contributed by atoms with Crippen molar-refractivity contribution in [2.45, 2.75) is 57.8 Å². The molecule has 1 amide bonds. The number of ether oxygens (including phenoxy) is 3. The number of nitrogens with one attached hydrogen (secondary N) is 1. The van der Waals surface area contributed by atoms with Crippen LogP contribution in [0.1, 0.15) is 40.0 Å². The lowest BCUT2D eigenvalue weighted by atomic mass is 9.92. The van der Waals surface area contributed by atoms with Crippen LogP contribution in [0.25, 0.3) is 32.9 Å². The number of carbonyl (C=O) groups is 1. The number of hydrogen-bond acceptors (Lipinski definition) is 7. The largest absolute Gasteiger partial charge is 0.474 e. The standard InChI is InChI=1S/C32H39N5O4/c1-32(2,3)41-31(38)37-14-12-36(13-15-37)11-4-16-39-24-18-25(19-24)40-30-8-6-23(20-34-30)22-5-7-26-27-21-33-10-9-28(27)35-29(26)17-22/h5-10,17,20-21,24-25,35H,4,11-16,18-19H2,1-3H3. The van der Waals surface area contributed by atoms with Crippen LogP contribution in [-0.4, -0.2) is 88.0 Å². The number of carbonyl (C=O) groups excluding carboxylic acids is 1. The van der Waals surface area contributed by atoms with Crippen LogP contribution in [0.5, 0.6) is 5.88 Å². The molecule has 216 valence electrons. The Labute approximate surface area is 240 Å². The maximum Gasteiger partial charge on any atom is 0.410 e. The van der Waals surface area contributed by atoms with Gasteiger partial charge in [0.1, 0.15) is 11.7 Å². The molecule has 1 aliphatic carbocycles. The number of piperazine rings is 1. The average molecular weight is 558 g/mol. The summed E-state index contributed by atoms with van der Waals surface area (Å²) in [6.07, 6.45) is 8.54. The van der Waals surface area contributed by atoms with Crippen molar-refractivity contribution in [1.82, 2.24) is 24.8 Å². The second-order valence-corrected chi connectivity index (χ2v) is 12.1. The molecule has 1 aliphatic heterocycles. The molecule has 41 heavy (non-hydrogen) atoms. The fraction of sp³-hybridized carbons (Fsp3) is 0.469. The summed E-state index contributed by atoms with van der Waals surface area (Å²) in [5, 5.41) is 2.30. The molecular weight excluding hydrogens is 518 g/mol. The Morgan fingerprint density at radius 1 is 0.951 bits per heavy atom. The number of pyridine rings is 2. The summed E-state index contributed by atoms with van der Waals surface area (Å²) in [7, 11) is 0. The molecule has 1 aromatic carbocycles. The van der Waals surface area contributed by atoms with Gasteiger partial charge in [-0.1, -0.05) is 12.1 Å². The highest BCUT2D eigenvalue weighted by molar-refractivity contribution is 6.07. The van der Waals surface area contributed by atoms with Crippen LogP contribution >= 0.6 is 0 Å². The molecule has 9 nitrogen and oxygen atoms in total. The third-order valence-electron chi connectivity index (χ3n) is 7.81. The van der Waals surface area contributed by atoms with Crippen LogP contribution in [0.3, 0.4) is 0 Å². The van der Waals surface area contributed by atoms with Gasteiger partial charge in [-0.15, -0.1) is 0 Å². The highest BCUT2D eigenvalue weighted by Gasteiger charge is 2.32. The van der Waals surface area contributed by atoms with Crippen molar-refractivity contribution < 1.29 is 19.0 Å². The van der Waals surface area contributed by atoms with Crippen LogP contribution in [0.4, 0.5) is 4.79 Å². The maximum atomic E-state index is 12.2. The molecule has 0 radical (unpaired) electrons. The molecule has 4 aromatic rings.